The average Bonchev–Trinajstić information content (AvgIpc) is 2.69. The van der Waals surface area contributed by atoms with E-state index >= 15 is 0 Å². The summed E-state index contributed by atoms with van der Waals surface area (Å²) in [6.07, 6.45) is 13.9. The molecule has 0 aromatic rings. The van der Waals surface area contributed by atoms with E-state index in [1.165, 1.54) is 38.5 Å². The van der Waals surface area contributed by atoms with Gasteiger partial charge in [0.1, 0.15) is 5.54 Å². The number of hydrogen-bond acceptors (Lipinski definition) is 2. The predicted molar refractivity (Wildman–Crippen MR) is 82.2 cm³/mol. The van der Waals surface area contributed by atoms with Crippen LogP contribution in [0, 0.1) is 11.3 Å². The Hall–Kier alpha value is -1.04. The molecule has 1 N–H and O–H groups in total. The molecule has 0 heterocycles. The number of unbranched alkanes of at least 4 members (excludes halogenated alkanes) is 5. The van der Waals surface area contributed by atoms with Crippen molar-refractivity contribution in [1.82, 2.24) is 5.32 Å². The van der Waals surface area contributed by atoms with Gasteiger partial charge in [-0.05, 0) is 19.3 Å². The van der Waals surface area contributed by atoms with E-state index in [-0.39, 0.29) is 5.91 Å². The molecule has 0 aromatic heterocycles. The normalized spacial score (nSPS) is 18.0. The minimum absolute atomic E-state index is 0.0731. The van der Waals surface area contributed by atoms with E-state index in [0.717, 1.165) is 38.5 Å². The van der Waals surface area contributed by atoms with Gasteiger partial charge < -0.3 is 5.32 Å². The van der Waals surface area contributed by atoms with Crippen molar-refractivity contribution in [3.63, 3.8) is 0 Å². The van der Waals surface area contributed by atoms with Crippen LogP contribution in [0.4, 0.5) is 0 Å². The molecule has 1 fully saturated rings. The van der Waals surface area contributed by atoms with E-state index < -0.39 is 5.54 Å². The summed E-state index contributed by atoms with van der Waals surface area (Å²) in [4.78, 5) is 12.0. The van der Waals surface area contributed by atoms with Crippen LogP contribution in [0.3, 0.4) is 0 Å². The monoisotopic (exact) mass is 278 g/mol. The molecular weight excluding hydrogens is 248 g/mol. The minimum atomic E-state index is -0.574. The van der Waals surface area contributed by atoms with Crippen molar-refractivity contribution in [1.29, 1.82) is 5.26 Å². The van der Waals surface area contributed by atoms with Gasteiger partial charge in [0, 0.05) is 6.42 Å². The van der Waals surface area contributed by atoms with E-state index in [9.17, 15) is 10.1 Å². The van der Waals surface area contributed by atoms with E-state index in [2.05, 4.69) is 18.3 Å². The number of carbonyl (C=O) groups excluding carboxylic acids is 1. The van der Waals surface area contributed by atoms with Crippen LogP contribution in [0.15, 0.2) is 0 Å². The number of nitrogens with one attached hydrogen (secondary N) is 1. The highest BCUT2D eigenvalue weighted by Crippen LogP contribution is 2.26. The van der Waals surface area contributed by atoms with Gasteiger partial charge in [0.15, 0.2) is 0 Å². The zero-order valence-electron chi connectivity index (χ0n) is 13.0. The Bertz CT molecular complexity index is 311. The number of nitriles is 1. The summed E-state index contributed by atoms with van der Waals surface area (Å²) in [5.41, 5.74) is -0.574. The van der Waals surface area contributed by atoms with Crippen molar-refractivity contribution in [3.05, 3.63) is 0 Å². The number of amides is 1. The van der Waals surface area contributed by atoms with Crippen LogP contribution >= 0.6 is 0 Å². The molecule has 0 spiro atoms. The van der Waals surface area contributed by atoms with Crippen LogP contribution < -0.4 is 5.32 Å². The molecule has 0 atom stereocenters. The lowest BCUT2D eigenvalue weighted by Gasteiger charge is -2.26. The molecule has 114 valence electrons. The third-order valence-corrected chi connectivity index (χ3v) is 4.31. The summed E-state index contributed by atoms with van der Waals surface area (Å²) >= 11 is 0. The van der Waals surface area contributed by atoms with Gasteiger partial charge in [-0.25, -0.2) is 0 Å². The summed E-state index contributed by atoms with van der Waals surface area (Å²) in [6, 6.07) is 2.37. The molecule has 1 saturated carbocycles. The molecule has 0 aromatic carbocycles. The SMILES string of the molecule is CCCCCCCCC(=O)NC1(C#N)CCCCCC1. The highest BCUT2D eigenvalue weighted by atomic mass is 16.1. The number of carbonyl (C=O) groups is 1. The molecule has 0 bridgehead atoms. The Morgan fingerprint density at radius 3 is 2.25 bits per heavy atom. The Kier molecular flexibility index (Phi) is 8.34. The molecular formula is C17H30N2O. The zero-order valence-corrected chi connectivity index (χ0v) is 13.0. The summed E-state index contributed by atoms with van der Waals surface area (Å²) in [5, 5.41) is 12.4. The largest absolute Gasteiger partial charge is 0.338 e. The Balaban J connectivity index is 2.24. The fourth-order valence-electron chi connectivity index (χ4n) is 2.99. The van der Waals surface area contributed by atoms with Crippen molar-refractivity contribution >= 4 is 5.91 Å². The molecule has 0 unspecified atom stereocenters. The lowest BCUT2D eigenvalue weighted by Crippen LogP contribution is -2.46. The standard InChI is InChI=1S/C17H30N2O/c1-2-3-4-5-6-9-12-16(20)19-17(15-18)13-10-7-8-11-14-17/h2-14H2,1H3,(H,19,20). The van der Waals surface area contributed by atoms with Crippen molar-refractivity contribution in [3.8, 4) is 6.07 Å². The third kappa shape index (κ3) is 6.41. The Morgan fingerprint density at radius 2 is 1.65 bits per heavy atom. The van der Waals surface area contributed by atoms with Crippen LogP contribution in [0.2, 0.25) is 0 Å². The average molecular weight is 278 g/mol. The lowest BCUT2D eigenvalue weighted by atomic mass is 9.91. The molecule has 1 amide bonds. The third-order valence-electron chi connectivity index (χ3n) is 4.31. The highest BCUT2D eigenvalue weighted by molar-refractivity contribution is 5.77. The minimum Gasteiger partial charge on any atom is -0.338 e. The maximum absolute atomic E-state index is 12.0. The maximum atomic E-state index is 12.0. The molecule has 3 heteroatoms. The second-order valence-electron chi connectivity index (χ2n) is 6.17. The van der Waals surface area contributed by atoms with Crippen molar-refractivity contribution in [2.45, 2.75) is 95.9 Å². The van der Waals surface area contributed by atoms with Crippen LogP contribution in [-0.2, 0) is 4.79 Å². The van der Waals surface area contributed by atoms with Crippen LogP contribution in [0.5, 0.6) is 0 Å². The van der Waals surface area contributed by atoms with Gasteiger partial charge >= 0.3 is 0 Å². The molecule has 0 aliphatic heterocycles. The van der Waals surface area contributed by atoms with Crippen LogP contribution in [0.1, 0.15) is 90.4 Å². The molecule has 1 aliphatic carbocycles. The summed E-state index contributed by atoms with van der Waals surface area (Å²) in [5.74, 6) is 0.0731. The van der Waals surface area contributed by atoms with Crippen LogP contribution in [-0.4, -0.2) is 11.4 Å². The van der Waals surface area contributed by atoms with Crippen molar-refractivity contribution < 1.29 is 4.79 Å². The first-order valence-electron chi connectivity index (χ1n) is 8.45. The summed E-state index contributed by atoms with van der Waals surface area (Å²) < 4.78 is 0. The van der Waals surface area contributed by atoms with E-state index in [4.69, 9.17) is 0 Å². The van der Waals surface area contributed by atoms with E-state index in [1.54, 1.807) is 0 Å². The van der Waals surface area contributed by atoms with Crippen molar-refractivity contribution in [2.75, 3.05) is 0 Å². The van der Waals surface area contributed by atoms with Gasteiger partial charge in [-0.2, -0.15) is 5.26 Å². The van der Waals surface area contributed by atoms with E-state index in [1.807, 2.05) is 0 Å². The fourth-order valence-corrected chi connectivity index (χ4v) is 2.99. The highest BCUT2D eigenvalue weighted by Gasteiger charge is 2.32. The van der Waals surface area contributed by atoms with Gasteiger partial charge in [0.25, 0.3) is 0 Å². The maximum Gasteiger partial charge on any atom is 0.221 e. The van der Waals surface area contributed by atoms with Crippen LogP contribution in [0.25, 0.3) is 0 Å². The second kappa shape index (κ2) is 9.80. The van der Waals surface area contributed by atoms with Gasteiger partial charge in [-0.1, -0.05) is 64.7 Å². The zero-order chi connectivity index (χ0) is 14.7. The molecule has 3 nitrogen and oxygen atoms in total. The summed E-state index contributed by atoms with van der Waals surface area (Å²) in [7, 11) is 0. The Labute approximate surface area is 124 Å². The van der Waals surface area contributed by atoms with Gasteiger partial charge in [0.2, 0.25) is 5.91 Å². The second-order valence-corrected chi connectivity index (χ2v) is 6.17. The molecule has 1 rings (SSSR count). The van der Waals surface area contributed by atoms with Gasteiger partial charge in [-0.3, -0.25) is 4.79 Å². The molecule has 20 heavy (non-hydrogen) atoms. The first kappa shape index (κ1) is 17.0. The summed E-state index contributed by atoms with van der Waals surface area (Å²) in [6.45, 7) is 2.21. The lowest BCUT2D eigenvalue weighted by molar-refractivity contribution is -0.122. The molecule has 1 aliphatic rings. The number of hydrogen-bond donors (Lipinski definition) is 1. The fraction of sp³-hybridized carbons (Fsp3) is 0.882. The first-order chi connectivity index (χ1) is 9.72. The quantitative estimate of drug-likeness (QED) is 0.526. The number of nitrogens with zero attached hydrogens (tertiary/aromatic N) is 1. The van der Waals surface area contributed by atoms with Gasteiger partial charge in [0.05, 0.1) is 6.07 Å². The smallest absolute Gasteiger partial charge is 0.221 e. The molecule has 0 radical (unpaired) electrons. The first-order valence-corrected chi connectivity index (χ1v) is 8.45. The van der Waals surface area contributed by atoms with E-state index in [0.29, 0.717) is 6.42 Å². The molecule has 0 saturated heterocycles. The van der Waals surface area contributed by atoms with Gasteiger partial charge in [-0.15, -0.1) is 0 Å². The predicted octanol–water partition coefficient (Wildman–Crippen LogP) is 4.47. The van der Waals surface area contributed by atoms with Crippen molar-refractivity contribution in [2.24, 2.45) is 0 Å². The number of rotatable bonds is 8. The Morgan fingerprint density at radius 1 is 1.05 bits per heavy atom. The topological polar surface area (TPSA) is 52.9 Å².